The van der Waals surface area contributed by atoms with Crippen molar-refractivity contribution in [2.45, 2.75) is 97.2 Å². The smallest absolute Gasteiger partial charge is 0.317 e. The lowest BCUT2D eigenvalue weighted by Gasteiger charge is -2.42. The predicted molar refractivity (Wildman–Crippen MR) is 128 cm³/mol. The van der Waals surface area contributed by atoms with Gasteiger partial charge in [0.2, 0.25) is 0 Å². The quantitative estimate of drug-likeness (QED) is 0.217. The molecule has 0 N–H and O–H groups in total. The van der Waals surface area contributed by atoms with E-state index < -0.39 is 11.5 Å². The van der Waals surface area contributed by atoms with E-state index in [1.54, 1.807) is 0 Å². The zero-order valence-electron chi connectivity index (χ0n) is 19.7. The van der Waals surface area contributed by atoms with Crippen molar-refractivity contribution in [3.63, 3.8) is 0 Å². The van der Waals surface area contributed by atoms with E-state index in [1.165, 1.54) is 5.57 Å². The first kappa shape index (κ1) is 25.1. The number of rotatable bonds is 10. The Morgan fingerprint density at radius 3 is 2.63 bits per heavy atom. The molecule has 0 radical (unpaired) electrons. The van der Waals surface area contributed by atoms with E-state index >= 15 is 0 Å². The molecule has 0 aromatic heterocycles. The molecule has 30 heavy (non-hydrogen) atoms. The zero-order chi connectivity index (χ0) is 22.3. The second-order valence-corrected chi connectivity index (χ2v) is 10.8. The fourth-order valence-corrected chi connectivity index (χ4v) is 5.75. The Morgan fingerprint density at radius 2 is 2.03 bits per heavy atom. The summed E-state index contributed by atoms with van der Waals surface area (Å²) in [4.78, 5) is 26.7. The summed E-state index contributed by atoms with van der Waals surface area (Å²) in [5.74, 6) is -0.140. The molecule has 0 bridgehead atoms. The van der Waals surface area contributed by atoms with Crippen LogP contribution in [0.1, 0.15) is 86.0 Å². The summed E-state index contributed by atoms with van der Waals surface area (Å²) in [6, 6.07) is 0. The van der Waals surface area contributed by atoms with Crippen LogP contribution in [0.25, 0.3) is 0 Å². The van der Waals surface area contributed by atoms with Crippen LogP contribution in [0.5, 0.6) is 0 Å². The first-order valence-corrected chi connectivity index (χ1v) is 13.0. The van der Waals surface area contributed by atoms with Crippen LogP contribution in [0.2, 0.25) is 0 Å². The molecule has 4 heteroatoms. The number of carbonyl (C=O) groups is 2. The Bertz CT molecular complexity index is 660. The Hall–Kier alpha value is -1.21. The Morgan fingerprint density at radius 1 is 1.30 bits per heavy atom. The topological polar surface area (TPSA) is 43.4 Å². The van der Waals surface area contributed by atoms with Gasteiger partial charge in [-0.2, -0.15) is 0 Å². The lowest BCUT2D eigenvalue weighted by atomic mass is 9.68. The highest BCUT2D eigenvalue weighted by Crippen LogP contribution is 2.43. The van der Waals surface area contributed by atoms with Crippen LogP contribution in [0.15, 0.2) is 23.8 Å². The minimum atomic E-state index is -0.619. The van der Waals surface area contributed by atoms with Gasteiger partial charge >= 0.3 is 5.97 Å². The third-order valence-corrected chi connectivity index (χ3v) is 7.96. The summed E-state index contributed by atoms with van der Waals surface area (Å²) in [7, 11) is 1.15. The van der Waals surface area contributed by atoms with Crippen molar-refractivity contribution in [3.05, 3.63) is 23.8 Å². The molecule has 2 aliphatic rings. The largest absolute Gasteiger partial charge is 0.458 e. The molecule has 1 aliphatic heterocycles. The van der Waals surface area contributed by atoms with E-state index in [2.05, 4.69) is 59.1 Å². The summed E-state index contributed by atoms with van der Waals surface area (Å²) >= 11 is 0. The molecule has 1 heterocycles. The number of carbonyl (C=O) groups excluding carboxylic acids is 2. The molecule has 1 fully saturated rings. The first-order valence-electron chi connectivity index (χ1n) is 11.8. The predicted octanol–water partition coefficient (Wildman–Crippen LogP) is 6.78. The number of hydrogen-bond donors (Lipinski definition) is 0. The van der Waals surface area contributed by atoms with Crippen molar-refractivity contribution >= 4 is 26.3 Å². The SMILES string of the molecule is C=PC(C)CCCC1(CCC)CC(=O)C(C(CC)C2C=C(C)C=CCC2C)C(=O)O1. The fraction of sp³-hybridized carbons (Fsp3) is 0.731. The van der Waals surface area contributed by atoms with Gasteiger partial charge < -0.3 is 4.74 Å². The van der Waals surface area contributed by atoms with E-state index in [-0.39, 0.29) is 23.6 Å². The molecule has 1 aliphatic carbocycles. The van der Waals surface area contributed by atoms with Crippen molar-refractivity contribution in [1.29, 1.82) is 0 Å². The number of ether oxygens (including phenoxy) is 1. The van der Waals surface area contributed by atoms with E-state index in [9.17, 15) is 9.59 Å². The third-order valence-electron chi connectivity index (χ3n) is 7.08. The van der Waals surface area contributed by atoms with Gasteiger partial charge in [0.25, 0.3) is 0 Å². The molecule has 1 saturated heterocycles. The number of ketones is 1. The molecule has 2 rings (SSSR count). The van der Waals surface area contributed by atoms with Gasteiger partial charge in [0.1, 0.15) is 11.5 Å². The molecule has 6 atom stereocenters. The second kappa shape index (κ2) is 11.4. The standard InChI is InChI=1S/C26H41O3P/c1-7-14-26(15-10-13-20(5)30-6)17-23(27)24(25(28)29-26)21(8-2)22-16-18(3)11-9-12-19(22)4/h9,11,16,19-22,24H,6-8,10,12-15,17H2,1-5H3. The summed E-state index contributed by atoms with van der Waals surface area (Å²) in [6.45, 7) is 10.7. The summed E-state index contributed by atoms with van der Waals surface area (Å²) in [5.41, 5.74) is 1.16. The molecule has 3 nitrogen and oxygen atoms in total. The lowest BCUT2D eigenvalue weighted by Crippen LogP contribution is -2.51. The summed E-state index contributed by atoms with van der Waals surface area (Å²) in [5, 5.41) is 0. The van der Waals surface area contributed by atoms with Crippen LogP contribution >= 0.6 is 8.20 Å². The molecular weight excluding hydrogens is 391 g/mol. The van der Waals surface area contributed by atoms with Gasteiger partial charge in [-0.1, -0.05) is 70.6 Å². The van der Waals surface area contributed by atoms with Crippen molar-refractivity contribution < 1.29 is 14.3 Å². The van der Waals surface area contributed by atoms with Gasteiger partial charge in [-0.25, -0.2) is 0 Å². The fourth-order valence-electron chi connectivity index (χ4n) is 5.38. The highest BCUT2D eigenvalue weighted by Gasteiger charge is 2.50. The number of allylic oxidation sites excluding steroid dienone is 4. The van der Waals surface area contributed by atoms with Crippen LogP contribution in [0.3, 0.4) is 0 Å². The summed E-state index contributed by atoms with van der Waals surface area (Å²) in [6.07, 6.45) is 17.3. The molecule has 0 spiro atoms. The summed E-state index contributed by atoms with van der Waals surface area (Å²) < 4.78 is 6.17. The van der Waals surface area contributed by atoms with Crippen molar-refractivity contribution in [2.75, 3.05) is 0 Å². The molecule has 0 aromatic rings. The Labute approximate surface area is 185 Å². The van der Waals surface area contributed by atoms with E-state index in [4.69, 9.17) is 4.74 Å². The number of Topliss-reactive ketones (excluding diaryl/α,β-unsaturated/α-hetero) is 1. The number of hydrogen-bond acceptors (Lipinski definition) is 3. The van der Waals surface area contributed by atoms with Crippen molar-refractivity contribution in [2.24, 2.45) is 23.7 Å². The van der Waals surface area contributed by atoms with Gasteiger partial charge in [0.15, 0.2) is 5.78 Å². The van der Waals surface area contributed by atoms with Crippen molar-refractivity contribution in [1.82, 2.24) is 0 Å². The van der Waals surface area contributed by atoms with Crippen LogP contribution in [0, 0.1) is 23.7 Å². The minimum Gasteiger partial charge on any atom is -0.458 e. The maximum absolute atomic E-state index is 13.4. The van der Waals surface area contributed by atoms with E-state index in [0.29, 0.717) is 18.0 Å². The molecule has 168 valence electrons. The highest BCUT2D eigenvalue weighted by atomic mass is 31.1. The van der Waals surface area contributed by atoms with E-state index in [1.807, 2.05) is 0 Å². The molecule has 0 aromatic carbocycles. The zero-order valence-corrected chi connectivity index (χ0v) is 20.5. The van der Waals surface area contributed by atoms with Crippen molar-refractivity contribution in [3.8, 4) is 0 Å². The first-order chi connectivity index (χ1) is 14.3. The Balaban J connectivity index is 2.20. The maximum Gasteiger partial charge on any atom is 0.317 e. The average molecular weight is 433 g/mol. The molecule has 0 amide bonds. The minimum absolute atomic E-state index is 0.0134. The maximum atomic E-state index is 13.4. The molecular formula is C26H41O3P. The second-order valence-electron chi connectivity index (χ2n) is 9.57. The third kappa shape index (κ3) is 6.16. The van der Waals surface area contributed by atoms with Gasteiger partial charge in [-0.05, 0) is 62.4 Å². The Kier molecular flexibility index (Phi) is 9.54. The number of esters is 1. The lowest BCUT2D eigenvalue weighted by molar-refractivity contribution is -0.183. The van der Waals surface area contributed by atoms with Gasteiger partial charge in [0.05, 0.1) is 0 Å². The van der Waals surface area contributed by atoms with Crippen LogP contribution < -0.4 is 0 Å². The van der Waals surface area contributed by atoms with Gasteiger partial charge in [-0.15, -0.1) is 8.20 Å². The van der Waals surface area contributed by atoms with Crippen LogP contribution in [0.4, 0.5) is 0 Å². The van der Waals surface area contributed by atoms with Crippen LogP contribution in [-0.4, -0.2) is 29.3 Å². The monoisotopic (exact) mass is 432 g/mol. The van der Waals surface area contributed by atoms with Crippen LogP contribution in [-0.2, 0) is 14.3 Å². The number of cyclic esters (lactones) is 1. The molecule has 0 saturated carbocycles. The van der Waals surface area contributed by atoms with Gasteiger partial charge in [-0.3, -0.25) is 9.59 Å². The van der Waals surface area contributed by atoms with E-state index in [0.717, 1.165) is 53.2 Å². The molecule has 6 unspecified atom stereocenters. The van der Waals surface area contributed by atoms with Gasteiger partial charge in [0, 0.05) is 6.42 Å². The average Bonchev–Trinajstić information content (AvgIpc) is 2.85. The normalized spacial score (nSPS) is 31.8. The highest BCUT2D eigenvalue weighted by molar-refractivity contribution is 7.37.